The number of Topliss-reactive ketones (excluding diaryl/α,β-unsaturated/α-hetero) is 1. The number of ketones is 1. The van der Waals surface area contributed by atoms with E-state index in [9.17, 15) is 9.90 Å². The molecule has 1 aliphatic rings. The summed E-state index contributed by atoms with van der Waals surface area (Å²) in [4.78, 5) is 11.4. The van der Waals surface area contributed by atoms with Crippen molar-refractivity contribution in [3.63, 3.8) is 0 Å². The first-order valence-electron chi connectivity index (χ1n) is 7.92. The lowest BCUT2D eigenvalue weighted by Crippen LogP contribution is -2.35. The molecule has 0 amide bonds. The maximum atomic E-state index is 11.4. The Kier molecular flexibility index (Phi) is 6.83. The van der Waals surface area contributed by atoms with Gasteiger partial charge in [0, 0.05) is 25.3 Å². The third-order valence-electron chi connectivity index (χ3n) is 3.78. The minimum absolute atomic E-state index is 0.0341. The second kappa shape index (κ2) is 8.86. The van der Waals surface area contributed by atoms with Crippen molar-refractivity contribution >= 4 is 5.78 Å². The molecule has 6 nitrogen and oxygen atoms in total. The van der Waals surface area contributed by atoms with Crippen LogP contribution in [0.5, 0.6) is 11.5 Å². The molecule has 1 saturated heterocycles. The molecule has 0 aliphatic carbocycles. The van der Waals surface area contributed by atoms with Crippen molar-refractivity contribution in [1.82, 2.24) is 5.32 Å². The van der Waals surface area contributed by atoms with Crippen LogP contribution in [0.3, 0.4) is 0 Å². The van der Waals surface area contributed by atoms with E-state index < -0.39 is 6.10 Å². The number of hydrogen-bond donors (Lipinski definition) is 2. The van der Waals surface area contributed by atoms with Gasteiger partial charge in [-0.05, 0) is 38.0 Å². The number of carbonyl (C=O) groups is 1. The fourth-order valence-corrected chi connectivity index (χ4v) is 2.47. The molecule has 0 bridgehead atoms. The van der Waals surface area contributed by atoms with Crippen molar-refractivity contribution in [3.05, 3.63) is 23.8 Å². The molecule has 1 aliphatic heterocycles. The molecule has 1 fully saturated rings. The summed E-state index contributed by atoms with van der Waals surface area (Å²) in [6.45, 7) is 3.66. The van der Waals surface area contributed by atoms with Crippen molar-refractivity contribution in [1.29, 1.82) is 0 Å². The SMILES string of the molecule is COc1cc(C(C)=O)ccc1OCC(O)CNCC1CCCO1. The third kappa shape index (κ3) is 5.49. The number of benzene rings is 1. The molecule has 1 aromatic rings. The highest BCUT2D eigenvalue weighted by Crippen LogP contribution is 2.28. The van der Waals surface area contributed by atoms with E-state index in [1.807, 2.05) is 0 Å². The second-order valence-corrected chi connectivity index (χ2v) is 5.68. The van der Waals surface area contributed by atoms with Gasteiger partial charge in [0.25, 0.3) is 0 Å². The number of carbonyl (C=O) groups excluding carboxylic acids is 1. The summed E-state index contributed by atoms with van der Waals surface area (Å²) in [5.41, 5.74) is 0.563. The maximum absolute atomic E-state index is 11.4. The number of hydrogen-bond acceptors (Lipinski definition) is 6. The van der Waals surface area contributed by atoms with E-state index in [-0.39, 0.29) is 18.5 Å². The van der Waals surface area contributed by atoms with E-state index in [4.69, 9.17) is 14.2 Å². The summed E-state index contributed by atoms with van der Waals surface area (Å²) in [5, 5.41) is 13.2. The standard InChI is InChI=1S/C17H25NO5/c1-12(19)13-5-6-16(17(8-13)21-2)23-11-14(20)9-18-10-15-4-3-7-22-15/h5-6,8,14-15,18,20H,3-4,7,9-11H2,1-2H3. The first kappa shape index (κ1) is 17.7. The van der Waals surface area contributed by atoms with E-state index in [0.717, 1.165) is 26.0 Å². The summed E-state index contributed by atoms with van der Waals surface area (Å²) in [5.74, 6) is 0.959. The van der Waals surface area contributed by atoms with Gasteiger partial charge in [-0.2, -0.15) is 0 Å². The maximum Gasteiger partial charge on any atom is 0.161 e. The van der Waals surface area contributed by atoms with Crippen LogP contribution in [0.2, 0.25) is 0 Å². The lowest BCUT2D eigenvalue weighted by atomic mass is 10.1. The molecule has 2 unspecified atom stereocenters. The van der Waals surface area contributed by atoms with Gasteiger partial charge in [-0.1, -0.05) is 0 Å². The number of aliphatic hydroxyl groups excluding tert-OH is 1. The molecule has 0 saturated carbocycles. The zero-order valence-electron chi connectivity index (χ0n) is 13.7. The molecular formula is C17H25NO5. The van der Waals surface area contributed by atoms with Gasteiger partial charge in [-0.25, -0.2) is 0 Å². The Balaban J connectivity index is 1.76. The molecule has 0 spiro atoms. The van der Waals surface area contributed by atoms with Gasteiger partial charge in [0.1, 0.15) is 12.7 Å². The van der Waals surface area contributed by atoms with Crippen LogP contribution in [0.4, 0.5) is 0 Å². The Hall–Kier alpha value is -1.63. The number of ether oxygens (including phenoxy) is 3. The molecule has 1 heterocycles. The van der Waals surface area contributed by atoms with Crippen LogP contribution in [0.25, 0.3) is 0 Å². The second-order valence-electron chi connectivity index (χ2n) is 5.68. The molecule has 2 rings (SSSR count). The van der Waals surface area contributed by atoms with Crippen molar-refractivity contribution in [2.45, 2.75) is 32.0 Å². The monoisotopic (exact) mass is 323 g/mol. The molecule has 23 heavy (non-hydrogen) atoms. The van der Waals surface area contributed by atoms with E-state index in [2.05, 4.69) is 5.32 Å². The highest BCUT2D eigenvalue weighted by Gasteiger charge is 2.16. The van der Waals surface area contributed by atoms with E-state index in [1.165, 1.54) is 14.0 Å². The minimum atomic E-state index is -0.631. The first-order chi connectivity index (χ1) is 11.1. The van der Waals surface area contributed by atoms with Crippen LogP contribution in [0, 0.1) is 0 Å². The summed E-state index contributed by atoms with van der Waals surface area (Å²) in [6.07, 6.45) is 1.80. The molecule has 0 aromatic heterocycles. The molecule has 2 atom stereocenters. The van der Waals surface area contributed by atoms with Gasteiger partial charge in [-0.15, -0.1) is 0 Å². The number of methoxy groups -OCH3 is 1. The van der Waals surface area contributed by atoms with Gasteiger partial charge < -0.3 is 24.6 Å². The Morgan fingerprint density at radius 3 is 2.96 bits per heavy atom. The zero-order chi connectivity index (χ0) is 16.7. The van der Waals surface area contributed by atoms with Crippen LogP contribution in [-0.2, 0) is 4.74 Å². The normalized spacial score (nSPS) is 18.7. The summed E-state index contributed by atoms with van der Waals surface area (Å²) in [6, 6.07) is 5.00. The van der Waals surface area contributed by atoms with Gasteiger partial charge in [-0.3, -0.25) is 4.79 Å². The van der Waals surface area contributed by atoms with Gasteiger partial charge >= 0.3 is 0 Å². The summed E-state index contributed by atoms with van der Waals surface area (Å²) < 4.78 is 16.3. The Morgan fingerprint density at radius 1 is 1.48 bits per heavy atom. The van der Waals surface area contributed by atoms with Crippen molar-refractivity contribution in [2.24, 2.45) is 0 Å². The van der Waals surface area contributed by atoms with Crippen molar-refractivity contribution in [3.8, 4) is 11.5 Å². The summed E-state index contributed by atoms with van der Waals surface area (Å²) >= 11 is 0. The molecule has 2 N–H and O–H groups in total. The topological polar surface area (TPSA) is 77.0 Å². The van der Waals surface area contributed by atoms with E-state index in [1.54, 1.807) is 18.2 Å². The average Bonchev–Trinajstić information content (AvgIpc) is 3.06. The first-order valence-corrected chi connectivity index (χ1v) is 7.92. The van der Waals surface area contributed by atoms with Crippen LogP contribution in [0.15, 0.2) is 18.2 Å². The largest absolute Gasteiger partial charge is 0.493 e. The smallest absolute Gasteiger partial charge is 0.161 e. The fourth-order valence-electron chi connectivity index (χ4n) is 2.47. The molecular weight excluding hydrogens is 298 g/mol. The number of rotatable bonds is 9. The molecule has 1 aromatic carbocycles. The highest BCUT2D eigenvalue weighted by atomic mass is 16.5. The Bertz CT molecular complexity index is 514. The predicted molar refractivity (Wildman–Crippen MR) is 86.3 cm³/mol. The predicted octanol–water partition coefficient (Wildman–Crippen LogP) is 1.41. The third-order valence-corrected chi connectivity index (χ3v) is 3.78. The lowest BCUT2D eigenvalue weighted by Gasteiger charge is -2.16. The van der Waals surface area contributed by atoms with E-state index >= 15 is 0 Å². The zero-order valence-corrected chi connectivity index (χ0v) is 13.7. The van der Waals surface area contributed by atoms with Crippen LogP contribution < -0.4 is 14.8 Å². The highest BCUT2D eigenvalue weighted by molar-refractivity contribution is 5.94. The molecule has 128 valence electrons. The van der Waals surface area contributed by atoms with Crippen LogP contribution in [-0.4, -0.2) is 56.5 Å². The van der Waals surface area contributed by atoms with Crippen molar-refractivity contribution < 1.29 is 24.1 Å². The average molecular weight is 323 g/mol. The van der Waals surface area contributed by atoms with E-state index in [0.29, 0.717) is 23.6 Å². The minimum Gasteiger partial charge on any atom is -0.493 e. The van der Waals surface area contributed by atoms with Crippen LogP contribution in [0.1, 0.15) is 30.1 Å². The molecule has 6 heteroatoms. The number of nitrogens with one attached hydrogen (secondary N) is 1. The summed E-state index contributed by atoms with van der Waals surface area (Å²) in [7, 11) is 1.52. The molecule has 0 radical (unpaired) electrons. The van der Waals surface area contributed by atoms with Crippen LogP contribution >= 0.6 is 0 Å². The Labute approximate surface area is 136 Å². The Morgan fingerprint density at radius 2 is 2.30 bits per heavy atom. The number of aliphatic hydroxyl groups is 1. The van der Waals surface area contributed by atoms with Gasteiger partial charge in [0.2, 0.25) is 0 Å². The fraction of sp³-hybridized carbons (Fsp3) is 0.588. The van der Waals surface area contributed by atoms with Gasteiger partial charge in [0.15, 0.2) is 17.3 Å². The quantitative estimate of drug-likeness (QED) is 0.669. The van der Waals surface area contributed by atoms with Crippen molar-refractivity contribution in [2.75, 3.05) is 33.4 Å². The lowest BCUT2D eigenvalue weighted by molar-refractivity contribution is 0.0873. The van der Waals surface area contributed by atoms with Gasteiger partial charge in [0.05, 0.1) is 13.2 Å².